The van der Waals surface area contributed by atoms with Crippen LogP contribution >= 0.6 is 0 Å². The topological polar surface area (TPSA) is 142 Å². The first-order valence-electron chi connectivity index (χ1n) is 8.26. The van der Waals surface area contributed by atoms with E-state index in [0.717, 1.165) is 0 Å². The van der Waals surface area contributed by atoms with Crippen LogP contribution in [0.4, 0.5) is 26.3 Å². The second kappa shape index (κ2) is 6.61. The smallest absolute Gasteiger partial charge is 0.438 e. The van der Waals surface area contributed by atoms with E-state index in [9.17, 15) is 44.3 Å². The standard InChI is InChI=1S/C15H8F6O10S/c16-14(17,18)13(15(19,20)21,3-32(24,25)26)31-12(23)6-5-8-10(30-11(5)22)9(7(6)29-8)28-2-4-1-27-4/h4H,1-3H2,(H,24,25,26). The third-order valence-corrected chi connectivity index (χ3v) is 5.29. The zero-order valence-corrected chi connectivity index (χ0v) is 15.8. The van der Waals surface area contributed by atoms with Crippen molar-refractivity contribution in [2.24, 2.45) is 0 Å². The molecule has 2 aliphatic rings. The van der Waals surface area contributed by atoms with Crippen LogP contribution in [0, 0.1) is 0 Å². The predicted molar refractivity (Wildman–Crippen MR) is 84.3 cm³/mol. The molecule has 4 rings (SSSR count). The summed E-state index contributed by atoms with van der Waals surface area (Å²) in [5.41, 5.74) is -8.90. The zero-order valence-electron chi connectivity index (χ0n) is 15.0. The van der Waals surface area contributed by atoms with E-state index in [2.05, 4.69) is 4.74 Å². The molecule has 0 radical (unpaired) electrons. The lowest BCUT2D eigenvalue weighted by atomic mass is 10.0. The number of hydrogen-bond acceptors (Lipinski definition) is 9. The number of carbonyl (C=O) groups excluding carboxylic acids is 2. The lowest BCUT2D eigenvalue weighted by molar-refractivity contribution is -0.356. The van der Waals surface area contributed by atoms with Gasteiger partial charge in [0.05, 0.1) is 6.61 Å². The van der Waals surface area contributed by atoms with E-state index in [1.54, 1.807) is 0 Å². The number of epoxide rings is 1. The molecule has 1 unspecified atom stereocenters. The van der Waals surface area contributed by atoms with E-state index in [4.69, 9.17) is 23.2 Å². The molecule has 2 aromatic heterocycles. The third kappa shape index (κ3) is 3.39. The molecular formula is C15H8F6O10S. The molecule has 17 heteroatoms. The fourth-order valence-corrected chi connectivity index (χ4v) is 3.89. The van der Waals surface area contributed by atoms with Gasteiger partial charge in [-0.15, -0.1) is 0 Å². The number of ether oxygens (including phenoxy) is 4. The van der Waals surface area contributed by atoms with E-state index < -0.39 is 73.8 Å². The summed E-state index contributed by atoms with van der Waals surface area (Å²) in [4.78, 5) is 24.5. The molecule has 0 aromatic carbocycles. The number of benzene rings is 1. The van der Waals surface area contributed by atoms with Crippen LogP contribution in [0.2, 0.25) is 0 Å². The molecule has 1 fully saturated rings. The Labute approximate surface area is 172 Å². The van der Waals surface area contributed by atoms with Crippen molar-refractivity contribution in [3.8, 4) is 11.5 Å². The summed E-state index contributed by atoms with van der Waals surface area (Å²) in [6.45, 7) is 0.118. The number of alkyl halides is 6. The van der Waals surface area contributed by atoms with Crippen molar-refractivity contribution in [1.29, 1.82) is 0 Å². The first-order valence-corrected chi connectivity index (χ1v) is 9.87. The van der Waals surface area contributed by atoms with Gasteiger partial charge in [-0.3, -0.25) is 4.55 Å². The normalized spacial score (nSPS) is 18.8. The maximum atomic E-state index is 13.4. The lowest BCUT2D eigenvalue weighted by Gasteiger charge is -2.35. The number of esters is 2. The molecule has 4 heterocycles. The van der Waals surface area contributed by atoms with Gasteiger partial charge in [-0.05, 0) is 0 Å². The summed E-state index contributed by atoms with van der Waals surface area (Å²) < 4.78 is 135. The van der Waals surface area contributed by atoms with Crippen LogP contribution < -0.4 is 9.47 Å². The van der Waals surface area contributed by atoms with E-state index in [0.29, 0.717) is 6.61 Å². The molecule has 10 nitrogen and oxygen atoms in total. The number of furan rings is 2. The molecule has 0 spiro atoms. The van der Waals surface area contributed by atoms with Crippen LogP contribution in [0.1, 0.15) is 20.7 Å². The van der Waals surface area contributed by atoms with Gasteiger partial charge in [-0.1, -0.05) is 0 Å². The van der Waals surface area contributed by atoms with Gasteiger partial charge in [0.1, 0.15) is 29.6 Å². The average molecular weight is 494 g/mol. The number of hydrogen-bond donors (Lipinski definition) is 1. The summed E-state index contributed by atoms with van der Waals surface area (Å²) in [6.07, 6.45) is -13.5. The van der Waals surface area contributed by atoms with E-state index in [1.165, 1.54) is 0 Å². The fraction of sp³-hybridized carbons (Fsp3) is 0.467. The molecule has 2 bridgehead atoms. The van der Waals surface area contributed by atoms with Crippen LogP contribution in [0.25, 0.3) is 11.2 Å². The SMILES string of the molecule is O=C(OC(CS(=O)(=O)O)(C(F)(F)F)C(F)(F)F)c1c2c3oc1c(OCC1CO1)c3OC2=O. The summed E-state index contributed by atoms with van der Waals surface area (Å²) in [6, 6.07) is 0. The first-order chi connectivity index (χ1) is 14.6. The Morgan fingerprint density at radius 1 is 1.12 bits per heavy atom. The molecule has 0 amide bonds. The van der Waals surface area contributed by atoms with Gasteiger partial charge in [0.25, 0.3) is 10.1 Å². The second-order valence-electron chi connectivity index (χ2n) is 6.76. The van der Waals surface area contributed by atoms with Gasteiger partial charge in [0.15, 0.2) is 11.2 Å². The minimum atomic E-state index is -6.54. The average Bonchev–Trinajstić information content (AvgIpc) is 3.18. The van der Waals surface area contributed by atoms with Gasteiger partial charge in [-0.25, -0.2) is 9.59 Å². The Morgan fingerprint density at radius 3 is 2.22 bits per heavy atom. The molecule has 1 atom stereocenters. The van der Waals surface area contributed by atoms with Gasteiger partial charge < -0.3 is 23.4 Å². The van der Waals surface area contributed by atoms with Crippen molar-refractivity contribution in [2.75, 3.05) is 19.0 Å². The van der Waals surface area contributed by atoms with Crippen molar-refractivity contribution in [3.05, 3.63) is 11.1 Å². The maximum absolute atomic E-state index is 13.4. The summed E-state index contributed by atoms with van der Waals surface area (Å²) >= 11 is 0. The van der Waals surface area contributed by atoms with E-state index >= 15 is 0 Å². The molecule has 0 saturated carbocycles. The van der Waals surface area contributed by atoms with Crippen molar-refractivity contribution < 1.29 is 72.3 Å². The Kier molecular flexibility index (Phi) is 4.63. The largest absolute Gasteiger partial charge is 0.483 e. The van der Waals surface area contributed by atoms with Crippen molar-refractivity contribution in [3.63, 3.8) is 0 Å². The monoisotopic (exact) mass is 494 g/mol. The van der Waals surface area contributed by atoms with Gasteiger partial charge >= 0.3 is 29.9 Å². The molecule has 2 aliphatic heterocycles. The van der Waals surface area contributed by atoms with Crippen LogP contribution in [0.5, 0.6) is 11.5 Å². The van der Waals surface area contributed by atoms with Crippen LogP contribution in [0.15, 0.2) is 4.42 Å². The van der Waals surface area contributed by atoms with Gasteiger partial charge in [0.2, 0.25) is 11.5 Å². The summed E-state index contributed by atoms with van der Waals surface area (Å²) in [5, 5.41) is 0. The number of halogens is 6. The minimum absolute atomic E-state index is 0.175. The molecular weight excluding hydrogens is 486 g/mol. The van der Waals surface area contributed by atoms with Crippen molar-refractivity contribution in [2.45, 2.75) is 24.1 Å². The lowest BCUT2D eigenvalue weighted by Crippen LogP contribution is -2.63. The Morgan fingerprint density at radius 2 is 1.72 bits per heavy atom. The molecule has 2 aromatic rings. The first kappa shape index (κ1) is 22.4. The van der Waals surface area contributed by atoms with Crippen LogP contribution in [-0.2, 0) is 19.6 Å². The summed E-state index contributed by atoms with van der Waals surface area (Å²) in [7, 11) is -5.99. The van der Waals surface area contributed by atoms with Crippen molar-refractivity contribution >= 4 is 33.2 Å². The Hall–Kier alpha value is -2.79. The molecule has 0 aliphatic carbocycles. The quantitative estimate of drug-likeness (QED) is 0.263. The highest BCUT2D eigenvalue weighted by Gasteiger charge is 2.76. The highest BCUT2D eigenvalue weighted by molar-refractivity contribution is 7.85. The highest BCUT2D eigenvalue weighted by atomic mass is 32.2. The number of rotatable bonds is 7. The van der Waals surface area contributed by atoms with Gasteiger partial charge in [-0.2, -0.15) is 34.8 Å². The molecule has 1 N–H and O–H groups in total. The Bertz CT molecular complexity index is 1190. The second-order valence-corrected chi connectivity index (χ2v) is 8.22. The van der Waals surface area contributed by atoms with Crippen LogP contribution in [-0.4, -0.2) is 67.9 Å². The fourth-order valence-electron chi connectivity index (χ4n) is 2.99. The highest BCUT2D eigenvalue weighted by Crippen LogP contribution is 2.53. The van der Waals surface area contributed by atoms with Gasteiger partial charge in [0, 0.05) is 0 Å². The van der Waals surface area contributed by atoms with Crippen molar-refractivity contribution in [1.82, 2.24) is 0 Å². The van der Waals surface area contributed by atoms with E-state index in [-0.39, 0.29) is 18.5 Å². The molecule has 32 heavy (non-hydrogen) atoms. The third-order valence-electron chi connectivity index (χ3n) is 4.51. The molecule has 176 valence electrons. The molecule has 1 saturated heterocycles. The van der Waals surface area contributed by atoms with Crippen LogP contribution in [0.3, 0.4) is 0 Å². The number of carbonyl (C=O) groups is 2. The maximum Gasteiger partial charge on any atom is 0.438 e. The predicted octanol–water partition coefficient (Wildman–Crippen LogP) is 2.09. The summed E-state index contributed by atoms with van der Waals surface area (Å²) in [5.74, 6) is -7.64. The minimum Gasteiger partial charge on any atom is -0.483 e. The zero-order chi connectivity index (χ0) is 23.9. The van der Waals surface area contributed by atoms with E-state index in [1.807, 2.05) is 0 Å². The number of fused-ring (bicyclic) bond motifs is 1. The Balaban J connectivity index is 1.79.